The molecule has 0 aliphatic heterocycles. The van der Waals surface area contributed by atoms with E-state index in [4.69, 9.17) is 4.74 Å². The number of anilines is 1. The van der Waals surface area contributed by atoms with Gasteiger partial charge in [0.05, 0.1) is 12.0 Å². The maximum absolute atomic E-state index is 11.1. The summed E-state index contributed by atoms with van der Waals surface area (Å²) in [5, 5.41) is 14.2. The van der Waals surface area contributed by atoms with Crippen LogP contribution in [0.5, 0.6) is 5.88 Å². The molecule has 0 spiro atoms. The van der Waals surface area contributed by atoms with Crippen molar-refractivity contribution in [2.45, 2.75) is 26.7 Å². The van der Waals surface area contributed by atoms with Crippen LogP contribution in [-0.4, -0.2) is 28.5 Å². The SMILES string of the molecule is COc1ncnc(NCC2(C(C)C)CC2)c1[N+](=O)[O-]. The Labute approximate surface area is 111 Å². The molecule has 0 radical (unpaired) electrons. The van der Waals surface area contributed by atoms with Gasteiger partial charge < -0.3 is 10.1 Å². The second kappa shape index (κ2) is 4.99. The van der Waals surface area contributed by atoms with E-state index < -0.39 is 4.92 Å². The van der Waals surface area contributed by atoms with Crippen LogP contribution in [0.3, 0.4) is 0 Å². The van der Waals surface area contributed by atoms with Gasteiger partial charge in [-0.05, 0) is 24.2 Å². The molecule has 0 bridgehead atoms. The number of nitrogens with zero attached hydrogens (tertiary/aromatic N) is 3. The van der Waals surface area contributed by atoms with Gasteiger partial charge in [0.1, 0.15) is 6.33 Å². The molecular weight excluding hydrogens is 248 g/mol. The first-order chi connectivity index (χ1) is 9.00. The first-order valence-electron chi connectivity index (χ1n) is 6.27. The van der Waals surface area contributed by atoms with E-state index in [1.165, 1.54) is 13.4 Å². The molecule has 1 aromatic heterocycles. The lowest BCUT2D eigenvalue weighted by atomic mass is 9.92. The smallest absolute Gasteiger partial charge is 0.372 e. The van der Waals surface area contributed by atoms with Gasteiger partial charge in [0.2, 0.25) is 5.82 Å². The van der Waals surface area contributed by atoms with Gasteiger partial charge in [0.15, 0.2) is 0 Å². The van der Waals surface area contributed by atoms with Crippen molar-refractivity contribution in [1.29, 1.82) is 0 Å². The van der Waals surface area contributed by atoms with Gasteiger partial charge in [-0.1, -0.05) is 13.8 Å². The maximum atomic E-state index is 11.1. The fourth-order valence-corrected chi connectivity index (χ4v) is 2.18. The zero-order chi connectivity index (χ0) is 14.0. The van der Waals surface area contributed by atoms with Gasteiger partial charge in [0.25, 0.3) is 5.88 Å². The second-order valence-corrected chi connectivity index (χ2v) is 5.21. The lowest BCUT2D eigenvalue weighted by molar-refractivity contribution is -0.385. The van der Waals surface area contributed by atoms with Crippen LogP contribution in [0, 0.1) is 21.4 Å². The van der Waals surface area contributed by atoms with E-state index in [9.17, 15) is 10.1 Å². The third-order valence-corrected chi connectivity index (χ3v) is 3.89. The van der Waals surface area contributed by atoms with Crippen LogP contribution in [0.25, 0.3) is 0 Å². The first kappa shape index (κ1) is 13.5. The van der Waals surface area contributed by atoms with Gasteiger partial charge >= 0.3 is 5.69 Å². The van der Waals surface area contributed by atoms with Gasteiger partial charge in [-0.3, -0.25) is 10.1 Å². The highest BCUT2D eigenvalue weighted by atomic mass is 16.6. The summed E-state index contributed by atoms with van der Waals surface area (Å²) in [5.41, 5.74) is 0.0380. The first-order valence-corrected chi connectivity index (χ1v) is 6.27. The van der Waals surface area contributed by atoms with Crippen LogP contribution in [0.2, 0.25) is 0 Å². The topological polar surface area (TPSA) is 90.2 Å². The lowest BCUT2D eigenvalue weighted by Gasteiger charge is -2.20. The zero-order valence-corrected chi connectivity index (χ0v) is 11.3. The Morgan fingerprint density at radius 1 is 1.53 bits per heavy atom. The molecule has 2 rings (SSSR count). The molecule has 1 aromatic rings. The van der Waals surface area contributed by atoms with Crippen LogP contribution in [0.15, 0.2) is 6.33 Å². The summed E-state index contributed by atoms with van der Waals surface area (Å²) >= 11 is 0. The Morgan fingerprint density at radius 2 is 2.21 bits per heavy atom. The van der Waals surface area contributed by atoms with E-state index in [1.54, 1.807) is 0 Å². The Balaban J connectivity index is 2.19. The third kappa shape index (κ3) is 2.59. The molecule has 1 aliphatic rings. The normalized spacial score (nSPS) is 16.2. The van der Waals surface area contributed by atoms with Gasteiger partial charge in [-0.15, -0.1) is 0 Å². The average Bonchev–Trinajstić information content (AvgIpc) is 3.16. The molecule has 0 unspecified atom stereocenters. The van der Waals surface area contributed by atoms with Gasteiger partial charge in [-0.2, -0.15) is 4.98 Å². The number of rotatable bonds is 6. The highest BCUT2D eigenvalue weighted by Gasteiger charge is 2.45. The molecule has 0 atom stereocenters. The Morgan fingerprint density at radius 3 is 2.68 bits per heavy atom. The number of ether oxygens (including phenoxy) is 1. The highest BCUT2D eigenvalue weighted by Crippen LogP contribution is 2.51. The summed E-state index contributed by atoms with van der Waals surface area (Å²) in [7, 11) is 1.36. The zero-order valence-electron chi connectivity index (χ0n) is 11.3. The number of methoxy groups -OCH3 is 1. The van der Waals surface area contributed by atoms with E-state index in [0.29, 0.717) is 12.5 Å². The van der Waals surface area contributed by atoms with Gasteiger partial charge in [0, 0.05) is 6.54 Å². The number of nitro groups is 1. The lowest BCUT2D eigenvalue weighted by Crippen LogP contribution is -2.22. The quantitative estimate of drug-likeness (QED) is 0.627. The number of nitrogens with one attached hydrogen (secondary N) is 1. The van der Waals surface area contributed by atoms with Crippen molar-refractivity contribution in [3.05, 3.63) is 16.4 Å². The number of hydrogen-bond donors (Lipinski definition) is 1. The molecule has 7 heteroatoms. The molecule has 7 nitrogen and oxygen atoms in total. The fourth-order valence-electron chi connectivity index (χ4n) is 2.18. The summed E-state index contributed by atoms with van der Waals surface area (Å²) < 4.78 is 4.91. The van der Waals surface area contributed by atoms with E-state index in [0.717, 1.165) is 12.8 Å². The van der Waals surface area contributed by atoms with E-state index in [2.05, 4.69) is 29.1 Å². The van der Waals surface area contributed by atoms with E-state index in [1.807, 2.05) is 0 Å². The number of hydrogen-bond acceptors (Lipinski definition) is 6. The van der Waals surface area contributed by atoms with Crippen LogP contribution >= 0.6 is 0 Å². The Hall–Kier alpha value is -1.92. The van der Waals surface area contributed by atoms with Crippen molar-refractivity contribution in [2.24, 2.45) is 11.3 Å². The molecule has 19 heavy (non-hydrogen) atoms. The molecule has 1 aliphatic carbocycles. The molecule has 0 aromatic carbocycles. The van der Waals surface area contributed by atoms with Crippen LogP contribution < -0.4 is 10.1 Å². The molecule has 1 N–H and O–H groups in total. The minimum Gasteiger partial charge on any atom is -0.476 e. The Kier molecular flexibility index (Phi) is 3.55. The average molecular weight is 266 g/mol. The van der Waals surface area contributed by atoms with E-state index >= 15 is 0 Å². The molecule has 0 saturated heterocycles. The second-order valence-electron chi connectivity index (χ2n) is 5.21. The highest BCUT2D eigenvalue weighted by molar-refractivity contribution is 5.61. The van der Waals surface area contributed by atoms with Crippen molar-refractivity contribution in [3.8, 4) is 5.88 Å². The summed E-state index contributed by atoms with van der Waals surface area (Å²) in [6.45, 7) is 5.03. The van der Waals surface area contributed by atoms with Gasteiger partial charge in [-0.25, -0.2) is 4.98 Å². The summed E-state index contributed by atoms with van der Waals surface area (Å²) in [4.78, 5) is 18.3. The fraction of sp³-hybridized carbons (Fsp3) is 0.667. The minimum atomic E-state index is -0.518. The maximum Gasteiger partial charge on any atom is 0.372 e. The minimum absolute atomic E-state index is 0.0168. The van der Waals surface area contributed by atoms with Crippen LogP contribution in [0.4, 0.5) is 11.5 Å². The van der Waals surface area contributed by atoms with Crippen molar-refractivity contribution in [2.75, 3.05) is 19.0 Å². The van der Waals surface area contributed by atoms with Crippen molar-refractivity contribution in [3.63, 3.8) is 0 Å². The summed E-state index contributed by atoms with van der Waals surface area (Å²) in [5.74, 6) is 0.753. The predicted molar refractivity (Wildman–Crippen MR) is 70.2 cm³/mol. The monoisotopic (exact) mass is 266 g/mol. The summed E-state index contributed by atoms with van der Waals surface area (Å²) in [6, 6.07) is 0. The predicted octanol–water partition coefficient (Wildman–Crippen LogP) is 2.24. The van der Waals surface area contributed by atoms with Crippen LogP contribution in [-0.2, 0) is 0 Å². The van der Waals surface area contributed by atoms with Crippen molar-refractivity contribution >= 4 is 11.5 Å². The van der Waals surface area contributed by atoms with Crippen LogP contribution in [0.1, 0.15) is 26.7 Å². The molecule has 1 heterocycles. The number of aromatic nitrogens is 2. The standard InChI is InChI=1S/C12H18N4O3/c1-8(2)12(4-5-12)6-13-10-9(16(17)18)11(19-3)15-7-14-10/h7-8H,4-6H2,1-3H3,(H,13,14,15). The van der Waals surface area contributed by atoms with E-state index in [-0.39, 0.29) is 22.8 Å². The summed E-state index contributed by atoms with van der Waals surface area (Å²) in [6.07, 6.45) is 3.56. The van der Waals surface area contributed by atoms with Crippen molar-refractivity contribution < 1.29 is 9.66 Å². The molecule has 0 amide bonds. The van der Waals surface area contributed by atoms with Crippen molar-refractivity contribution in [1.82, 2.24) is 9.97 Å². The molecule has 1 saturated carbocycles. The Bertz CT molecular complexity index is 486. The molecule has 1 fully saturated rings. The molecule has 104 valence electrons. The largest absolute Gasteiger partial charge is 0.476 e. The third-order valence-electron chi connectivity index (χ3n) is 3.89. The molecular formula is C12H18N4O3.